The van der Waals surface area contributed by atoms with Crippen LogP contribution in [0.15, 0.2) is 0 Å². The Bertz CT molecular complexity index is 171. The van der Waals surface area contributed by atoms with Gasteiger partial charge in [0.1, 0.15) is 0 Å². The van der Waals surface area contributed by atoms with Crippen molar-refractivity contribution in [2.75, 3.05) is 51.4 Å². The fraction of sp³-hybridized carbons (Fsp3) is 1.00. The molecule has 0 aromatic rings. The number of rotatable bonds is 4. The highest BCUT2D eigenvalue weighted by molar-refractivity contribution is 7.99. The largest absolute Gasteiger partial charge is 0.381 e. The molecular formula is C12H24N2OS. The molecule has 2 aliphatic heterocycles. The molecule has 2 heterocycles. The molecule has 94 valence electrons. The lowest BCUT2D eigenvalue weighted by Crippen LogP contribution is -2.46. The zero-order chi connectivity index (χ0) is 11.2. The van der Waals surface area contributed by atoms with E-state index in [0.29, 0.717) is 6.04 Å². The molecule has 2 saturated heterocycles. The van der Waals surface area contributed by atoms with Crippen molar-refractivity contribution in [2.24, 2.45) is 5.92 Å². The highest BCUT2D eigenvalue weighted by atomic mass is 32.2. The zero-order valence-corrected chi connectivity index (χ0v) is 11.1. The van der Waals surface area contributed by atoms with Crippen LogP contribution in [0.25, 0.3) is 0 Å². The first-order chi connectivity index (χ1) is 7.84. The second kappa shape index (κ2) is 6.84. The quantitative estimate of drug-likeness (QED) is 0.799. The van der Waals surface area contributed by atoms with Crippen molar-refractivity contribution in [3.05, 3.63) is 0 Å². The Labute approximate surface area is 103 Å². The van der Waals surface area contributed by atoms with Crippen LogP contribution in [0.4, 0.5) is 0 Å². The van der Waals surface area contributed by atoms with Gasteiger partial charge in [-0.25, -0.2) is 0 Å². The number of nitrogens with one attached hydrogen (secondary N) is 1. The van der Waals surface area contributed by atoms with Crippen molar-refractivity contribution < 1.29 is 4.74 Å². The van der Waals surface area contributed by atoms with Crippen LogP contribution >= 0.6 is 11.8 Å². The summed E-state index contributed by atoms with van der Waals surface area (Å²) < 4.78 is 5.40. The topological polar surface area (TPSA) is 24.5 Å². The Hall–Kier alpha value is 0.230. The molecule has 0 amide bonds. The molecule has 2 rings (SSSR count). The van der Waals surface area contributed by atoms with Crippen LogP contribution in [0.1, 0.15) is 12.8 Å². The van der Waals surface area contributed by atoms with Gasteiger partial charge in [-0.2, -0.15) is 11.8 Å². The third-order valence-corrected chi connectivity index (χ3v) is 4.57. The summed E-state index contributed by atoms with van der Waals surface area (Å²) in [6.07, 6.45) is 2.49. The average molecular weight is 244 g/mol. The van der Waals surface area contributed by atoms with Crippen molar-refractivity contribution in [1.29, 1.82) is 0 Å². The summed E-state index contributed by atoms with van der Waals surface area (Å²) in [5.41, 5.74) is 0. The zero-order valence-electron chi connectivity index (χ0n) is 10.3. The Kier molecular flexibility index (Phi) is 5.42. The van der Waals surface area contributed by atoms with E-state index >= 15 is 0 Å². The Morgan fingerprint density at radius 1 is 1.31 bits per heavy atom. The normalized spacial score (nSPS) is 28.5. The fourth-order valence-electron chi connectivity index (χ4n) is 2.56. The van der Waals surface area contributed by atoms with E-state index in [-0.39, 0.29) is 0 Å². The van der Waals surface area contributed by atoms with Gasteiger partial charge in [-0.1, -0.05) is 0 Å². The number of hydrogen-bond donors (Lipinski definition) is 1. The van der Waals surface area contributed by atoms with E-state index in [2.05, 4.69) is 29.0 Å². The van der Waals surface area contributed by atoms with E-state index < -0.39 is 0 Å². The SMILES string of the molecule is CN(CC1CCOCC1)CC1CSCCN1. The molecule has 1 atom stereocenters. The van der Waals surface area contributed by atoms with Crippen LogP contribution in [0.5, 0.6) is 0 Å². The first-order valence-corrected chi connectivity index (χ1v) is 7.57. The van der Waals surface area contributed by atoms with Crippen molar-refractivity contribution in [1.82, 2.24) is 10.2 Å². The second-order valence-electron chi connectivity index (χ2n) is 5.00. The third kappa shape index (κ3) is 4.24. The maximum absolute atomic E-state index is 5.40. The molecule has 0 radical (unpaired) electrons. The van der Waals surface area contributed by atoms with Gasteiger partial charge < -0.3 is 15.0 Å². The van der Waals surface area contributed by atoms with Crippen LogP contribution in [0.2, 0.25) is 0 Å². The van der Waals surface area contributed by atoms with E-state index in [0.717, 1.165) is 19.1 Å². The van der Waals surface area contributed by atoms with Crippen molar-refractivity contribution in [2.45, 2.75) is 18.9 Å². The standard InChI is InChI=1S/C12H24N2OS/c1-14(8-11-2-5-15-6-3-11)9-12-10-16-7-4-13-12/h11-13H,2-10H2,1H3. The molecule has 2 fully saturated rings. The van der Waals surface area contributed by atoms with Crippen LogP contribution in [0.3, 0.4) is 0 Å². The second-order valence-corrected chi connectivity index (χ2v) is 6.15. The molecule has 3 nitrogen and oxygen atoms in total. The Morgan fingerprint density at radius 3 is 2.81 bits per heavy atom. The lowest BCUT2D eigenvalue weighted by atomic mass is 10.00. The first-order valence-electron chi connectivity index (χ1n) is 6.42. The fourth-order valence-corrected chi connectivity index (χ4v) is 3.49. The van der Waals surface area contributed by atoms with E-state index in [1.54, 1.807) is 0 Å². The number of hydrogen-bond acceptors (Lipinski definition) is 4. The summed E-state index contributed by atoms with van der Waals surface area (Å²) in [4.78, 5) is 2.50. The summed E-state index contributed by atoms with van der Waals surface area (Å²) in [5.74, 6) is 3.41. The van der Waals surface area contributed by atoms with Gasteiger partial charge in [-0.3, -0.25) is 0 Å². The molecule has 0 aliphatic carbocycles. The van der Waals surface area contributed by atoms with Crippen molar-refractivity contribution in [3.8, 4) is 0 Å². The van der Waals surface area contributed by atoms with Crippen LogP contribution < -0.4 is 5.32 Å². The van der Waals surface area contributed by atoms with E-state index in [4.69, 9.17) is 4.74 Å². The highest BCUT2D eigenvalue weighted by Crippen LogP contribution is 2.16. The molecule has 2 aliphatic rings. The first kappa shape index (κ1) is 12.7. The Balaban J connectivity index is 1.64. The van der Waals surface area contributed by atoms with Crippen LogP contribution in [0, 0.1) is 5.92 Å². The van der Waals surface area contributed by atoms with Gasteiger partial charge in [0, 0.05) is 50.4 Å². The number of ether oxygens (including phenoxy) is 1. The predicted molar refractivity (Wildman–Crippen MR) is 70.2 cm³/mol. The molecule has 0 spiro atoms. The molecule has 0 aromatic heterocycles. The van der Waals surface area contributed by atoms with Gasteiger partial charge >= 0.3 is 0 Å². The maximum atomic E-state index is 5.40. The van der Waals surface area contributed by atoms with Crippen molar-refractivity contribution in [3.63, 3.8) is 0 Å². The minimum absolute atomic E-state index is 0.698. The van der Waals surface area contributed by atoms with Crippen molar-refractivity contribution >= 4 is 11.8 Å². The minimum Gasteiger partial charge on any atom is -0.381 e. The number of thioether (sulfide) groups is 1. The molecule has 1 unspecified atom stereocenters. The monoisotopic (exact) mass is 244 g/mol. The van der Waals surface area contributed by atoms with Gasteiger partial charge in [0.05, 0.1) is 0 Å². The van der Waals surface area contributed by atoms with Gasteiger partial charge in [0.25, 0.3) is 0 Å². The predicted octanol–water partition coefficient (Wildman–Crippen LogP) is 1.05. The molecule has 4 heteroatoms. The smallest absolute Gasteiger partial charge is 0.0469 e. The number of nitrogens with zero attached hydrogens (tertiary/aromatic N) is 1. The van der Waals surface area contributed by atoms with Crippen LogP contribution in [-0.2, 0) is 4.74 Å². The molecule has 0 saturated carbocycles. The van der Waals surface area contributed by atoms with Gasteiger partial charge in [-0.05, 0) is 25.8 Å². The van der Waals surface area contributed by atoms with Gasteiger partial charge in [0.15, 0.2) is 0 Å². The van der Waals surface area contributed by atoms with Gasteiger partial charge in [-0.15, -0.1) is 0 Å². The molecular weight excluding hydrogens is 220 g/mol. The van der Waals surface area contributed by atoms with E-state index in [1.807, 2.05) is 0 Å². The summed E-state index contributed by atoms with van der Waals surface area (Å²) in [5, 5.41) is 3.60. The Morgan fingerprint density at radius 2 is 2.12 bits per heavy atom. The van der Waals surface area contributed by atoms with E-state index in [9.17, 15) is 0 Å². The maximum Gasteiger partial charge on any atom is 0.0469 e. The summed E-state index contributed by atoms with van der Waals surface area (Å²) in [6.45, 7) is 5.56. The lowest BCUT2D eigenvalue weighted by Gasteiger charge is -2.31. The number of likely N-dealkylation sites (N-methyl/N-ethyl adjacent to an activating group) is 1. The molecule has 0 bridgehead atoms. The summed E-state index contributed by atoms with van der Waals surface area (Å²) >= 11 is 2.08. The average Bonchev–Trinajstić information content (AvgIpc) is 2.31. The third-order valence-electron chi connectivity index (χ3n) is 3.44. The van der Waals surface area contributed by atoms with Crippen LogP contribution in [-0.4, -0.2) is 62.3 Å². The van der Waals surface area contributed by atoms with E-state index in [1.165, 1.54) is 44.0 Å². The van der Waals surface area contributed by atoms with Gasteiger partial charge in [0.2, 0.25) is 0 Å². The highest BCUT2D eigenvalue weighted by Gasteiger charge is 2.19. The molecule has 16 heavy (non-hydrogen) atoms. The molecule has 0 aromatic carbocycles. The summed E-state index contributed by atoms with van der Waals surface area (Å²) in [7, 11) is 2.26. The lowest BCUT2D eigenvalue weighted by molar-refractivity contribution is 0.0550. The summed E-state index contributed by atoms with van der Waals surface area (Å²) in [6, 6.07) is 0.698. The minimum atomic E-state index is 0.698. The molecule has 1 N–H and O–H groups in total.